The Morgan fingerprint density at radius 2 is 1.80 bits per heavy atom. The van der Waals surface area contributed by atoms with Crippen LogP contribution in [-0.4, -0.2) is 11.7 Å². The largest absolute Gasteiger partial charge is 0.389 e. The second-order valence-corrected chi connectivity index (χ2v) is 5.37. The number of anilines is 2. The summed E-state index contributed by atoms with van der Waals surface area (Å²) >= 11 is 6.38. The minimum atomic E-state index is -0.504. The maximum absolute atomic E-state index is 9.61. The molecule has 1 N–H and O–H groups in total. The van der Waals surface area contributed by atoms with Gasteiger partial charge < -0.3 is 10.0 Å². The number of rotatable bonds is 4. The molecule has 3 heteroatoms. The van der Waals surface area contributed by atoms with Crippen LogP contribution in [0.2, 0.25) is 5.02 Å². The number of nitrogens with zero attached hydrogens (tertiary/aromatic N) is 1. The second kappa shape index (κ2) is 6.29. The highest BCUT2D eigenvalue weighted by Gasteiger charge is 2.12. The Labute approximate surface area is 125 Å². The third-order valence-corrected chi connectivity index (χ3v) is 3.71. The van der Waals surface area contributed by atoms with Gasteiger partial charge in [0, 0.05) is 12.2 Å². The fraction of sp³-hybridized carbons (Fsp3) is 0.294. The second-order valence-electron chi connectivity index (χ2n) is 4.97. The average molecular weight is 290 g/mol. The van der Waals surface area contributed by atoms with Gasteiger partial charge in [0.1, 0.15) is 0 Å². The lowest BCUT2D eigenvalue weighted by Crippen LogP contribution is -2.16. The zero-order valence-electron chi connectivity index (χ0n) is 12.1. The maximum atomic E-state index is 9.61. The van der Waals surface area contributed by atoms with Crippen molar-refractivity contribution in [3.05, 3.63) is 58.6 Å². The quantitative estimate of drug-likeness (QED) is 0.869. The zero-order valence-corrected chi connectivity index (χ0v) is 12.9. The summed E-state index contributed by atoms with van der Waals surface area (Å²) in [5.74, 6) is 0. The molecule has 0 bridgehead atoms. The van der Waals surface area contributed by atoms with Crippen molar-refractivity contribution >= 4 is 23.0 Å². The van der Waals surface area contributed by atoms with Crippen LogP contribution in [0.15, 0.2) is 42.5 Å². The van der Waals surface area contributed by atoms with Crippen LogP contribution in [0, 0.1) is 6.92 Å². The number of hydrogen-bond donors (Lipinski definition) is 1. The predicted octanol–water partition coefficient (Wildman–Crippen LogP) is 4.86. The molecule has 0 radical (unpaired) electrons. The normalized spacial score (nSPS) is 12.2. The summed E-state index contributed by atoms with van der Waals surface area (Å²) in [6, 6.07) is 14.1. The highest BCUT2D eigenvalue weighted by atomic mass is 35.5. The molecule has 0 spiro atoms. The summed E-state index contributed by atoms with van der Waals surface area (Å²) in [5.41, 5.74) is 4.14. The lowest BCUT2D eigenvalue weighted by atomic mass is 10.1. The first kappa shape index (κ1) is 14.9. The third-order valence-electron chi connectivity index (χ3n) is 3.41. The van der Waals surface area contributed by atoms with E-state index in [-0.39, 0.29) is 0 Å². The Balaban J connectivity index is 2.39. The lowest BCUT2D eigenvalue weighted by Gasteiger charge is -2.25. The molecule has 2 aromatic carbocycles. The standard InChI is InChI=1S/C17H20ClNO/c1-4-19(15-8-5-12(2)6-9-15)17-10-7-14(13(3)20)11-16(17)18/h5-11,13,20H,4H2,1-3H3/t13-/m0/s1. The Morgan fingerprint density at radius 3 is 2.30 bits per heavy atom. The van der Waals surface area contributed by atoms with E-state index in [1.807, 2.05) is 18.2 Å². The summed E-state index contributed by atoms with van der Waals surface area (Å²) in [6.07, 6.45) is -0.504. The number of benzene rings is 2. The molecular weight excluding hydrogens is 270 g/mol. The molecule has 0 aromatic heterocycles. The molecule has 0 aliphatic carbocycles. The van der Waals surface area contributed by atoms with Gasteiger partial charge in [-0.15, -0.1) is 0 Å². The monoisotopic (exact) mass is 289 g/mol. The van der Waals surface area contributed by atoms with E-state index in [4.69, 9.17) is 11.6 Å². The first-order valence-electron chi connectivity index (χ1n) is 6.84. The van der Waals surface area contributed by atoms with E-state index in [0.29, 0.717) is 5.02 Å². The summed E-state index contributed by atoms with van der Waals surface area (Å²) in [5, 5.41) is 10.3. The summed E-state index contributed by atoms with van der Waals surface area (Å²) in [7, 11) is 0. The van der Waals surface area contributed by atoms with E-state index in [9.17, 15) is 5.11 Å². The van der Waals surface area contributed by atoms with Crippen molar-refractivity contribution in [1.29, 1.82) is 0 Å². The highest BCUT2D eigenvalue weighted by Crippen LogP contribution is 2.33. The molecule has 0 saturated carbocycles. The lowest BCUT2D eigenvalue weighted by molar-refractivity contribution is 0.199. The number of aryl methyl sites for hydroxylation is 1. The van der Waals surface area contributed by atoms with E-state index >= 15 is 0 Å². The minimum absolute atomic E-state index is 0.504. The van der Waals surface area contributed by atoms with Gasteiger partial charge in [-0.25, -0.2) is 0 Å². The first-order valence-corrected chi connectivity index (χ1v) is 7.22. The number of halogens is 1. The SMILES string of the molecule is CCN(c1ccc(C)cc1)c1ccc([C@H](C)O)cc1Cl. The van der Waals surface area contributed by atoms with E-state index in [0.717, 1.165) is 23.5 Å². The van der Waals surface area contributed by atoms with Gasteiger partial charge in [-0.1, -0.05) is 35.4 Å². The maximum Gasteiger partial charge on any atom is 0.0762 e. The molecular formula is C17H20ClNO. The van der Waals surface area contributed by atoms with Crippen LogP contribution in [-0.2, 0) is 0 Å². The van der Waals surface area contributed by atoms with Crippen LogP contribution >= 0.6 is 11.6 Å². The van der Waals surface area contributed by atoms with Crippen LogP contribution in [0.4, 0.5) is 11.4 Å². The van der Waals surface area contributed by atoms with E-state index in [2.05, 4.69) is 43.0 Å². The molecule has 0 fully saturated rings. The molecule has 0 unspecified atom stereocenters. The fourth-order valence-electron chi connectivity index (χ4n) is 2.22. The van der Waals surface area contributed by atoms with Gasteiger partial charge in [0.25, 0.3) is 0 Å². The van der Waals surface area contributed by atoms with Crippen LogP contribution in [0.25, 0.3) is 0 Å². The molecule has 20 heavy (non-hydrogen) atoms. The van der Waals surface area contributed by atoms with Crippen LogP contribution in [0.1, 0.15) is 31.1 Å². The highest BCUT2D eigenvalue weighted by molar-refractivity contribution is 6.33. The van der Waals surface area contributed by atoms with Crippen LogP contribution in [0.3, 0.4) is 0 Å². The molecule has 2 aromatic rings. The van der Waals surface area contributed by atoms with Crippen LogP contribution in [0.5, 0.6) is 0 Å². The average Bonchev–Trinajstić information content (AvgIpc) is 2.43. The Morgan fingerprint density at radius 1 is 1.15 bits per heavy atom. The molecule has 0 aliphatic rings. The zero-order chi connectivity index (χ0) is 14.7. The molecule has 2 nitrogen and oxygen atoms in total. The van der Waals surface area contributed by atoms with Gasteiger partial charge in [-0.2, -0.15) is 0 Å². The molecule has 0 amide bonds. The van der Waals surface area contributed by atoms with Gasteiger partial charge in [0.05, 0.1) is 16.8 Å². The Bertz CT molecular complexity index is 578. The number of aliphatic hydroxyl groups excluding tert-OH is 1. The molecule has 0 aliphatic heterocycles. The summed E-state index contributed by atoms with van der Waals surface area (Å²) in [4.78, 5) is 2.16. The fourth-order valence-corrected chi connectivity index (χ4v) is 2.51. The van der Waals surface area contributed by atoms with Crippen molar-refractivity contribution in [2.24, 2.45) is 0 Å². The predicted molar refractivity (Wildman–Crippen MR) is 85.9 cm³/mol. The van der Waals surface area contributed by atoms with Gasteiger partial charge in [-0.05, 0) is 50.6 Å². The summed E-state index contributed by atoms with van der Waals surface area (Å²) < 4.78 is 0. The van der Waals surface area contributed by atoms with E-state index in [1.165, 1.54) is 5.56 Å². The Hall–Kier alpha value is -1.51. The smallest absolute Gasteiger partial charge is 0.0762 e. The van der Waals surface area contributed by atoms with Crippen LogP contribution < -0.4 is 4.90 Å². The molecule has 106 valence electrons. The van der Waals surface area contributed by atoms with E-state index in [1.54, 1.807) is 6.92 Å². The molecule has 2 rings (SSSR count). The van der Waals surface area contributed by atoms with Crippen molar-refractivity contribution < 1.29 is 5.11 Å². The van der Waals surface area contributed by atoms with Crippen molar-refractivity contribution in [2.45, 2.75) is 26.9 Å². The molecule has 0 heterocycles. The van der Waals surface area contributed by atoms with Crippen molar-refractivity contribution in [2.75, 3.05) is 11.4 Å². The summed E-state index contributed by atoms with van der Waals surface area (Å²) in [6.45, 7) is 6.74. The van der Waals surface area contributed by atoms with E-state index < -0.39 is 6.10 Å². The molecule has 0 saturated heterocycles. The van der Waals surface area contributed by atoms with Crippen molar-refractivity contribution in [3.8, 4) is 0 Å². The Kier molecular flexibility index (Phi) is 4.69. The van der Waals surface area contributed by atoms with Gasteiger partial charge in [0.15, 0.2) is 0 Å². The van der Waals surface area contributed by atoms with Gasteiger partial charge in [0.2, 0.25) is 0 Å². The number of hydrogen-bond acceptors (Lipinski definition) is 2. The van der Waals surface area contributed by atoms with Gasteiger partial charge in [-0.3, -0.25) is 0 Å². The number of aliphatic hydroxyl groups is 1. The van der Waals surface area contributed by atoms with Gasteiger partial charge >= 0.3 is 0 Å². The molecule has 1 atom stereocenters. The van der Waals surface area contributed by atoms with Crippen molar-refractivity contribution in [1.82, 2.24) is 0 Å². The first-order chi connectivity index (χ1) is 9.52. The third kappa shape index (κ3) is 3.14. The minimum Gasteiger partial charge on any atom is -0.389 e. The topological polar surface area (TPSA) is 23.5 Å². The van der Waals surface area contributed by atoms with Crippen molar-refractivity contribution in [3.63, 3.8) is 0 Å².